The largest absolute Gasteiger partial charge is 0.489 e. The molecule has 10 heteroatoms. The highest BCUT2D eigenvalue weighted by Gasteiger charge is 2.49. The van der Waals surface area contributed by atoms with E-state index in [2.05, 4.69) is 37.3 Å². The zero-order valence-corrected chi connectivity index (χ0v) is 21.0. The van der Waals surface area contributed by atoms with Crippen molar-refractivity contribution in [1.82, 2.24) is 14.9 Å². The van der Waals surface area contributed by atoms with Crippen LogP contribution in [0.5, 0.6) is 11.8 Å². The maximum absolute atomic E-state index is 15.5. The van der Waals surface area contributed by atoms with E-state index in [1.807, 2.05) is 6.08 Å². The van der Waals surface area contributed by atoms with E-state index < -0.39 is 12.0 Å². The lowest BCUT2D eigenvalue weighted by Crippen LogP contribution is -2.48. The van der Waals surface area contributed by atoms with Crippen LogP contribution in [0.4, 0.5) is 14.6 Å². The highest BCUT2D eigenvalue weighted by molar-refractivity contribution is 9.10. The molecule has 1 aromatic carbocycles. The van der Waals surface area contributed by atoms with Gasteiger partial charge in [0, 0.05) is 19.0 Å². The van der Waals surface area contributed by atoms with Gasteiger partial charge in [0.1, 0.15) is 35.7 Å². The summed E-state index contributed by atoms with van der Waals surface area (Å²) in [5.41, 5.74) is -0.257. The van der Waals surface area contributed by atoms with E-state index >= 15 is 4.39 Å². The van der Waals surface area contributed by atoms with Gasteiger partial charge >= 0.3 is 6.01 Å². The fourth-order valence-electron chi connectivity index (χ4n) is 5.94. The average Bonchev–Trinajstić information content (AvgIpc) is 3.26. The Morgan fingerprint density at radius 1 is 1.32 bits per heavy atom. The van der Waals surface area contributed by atoms with E-state index in [0.717, 1.165) is 38.6 Å². The van der Waals surface area contributed by atoms with Crippen molar-refractivity contribution in [3.8, 4) is 11.8 Å². The van der Waals surface area contributed by atoms with E-state index in [9.17, 15) is 4.39 Å². The predicted molar refractivity (Wildman–Crippen MR) is 130 cm³/mol. The molecule has 3 aliphatic heterocycles. The Hall–Kier alpha value is -1.71. The molecule has 34 heavy (non-hydrogen) atoms. The Morgan fingerprint density at radius 3 is 2.88 bits per heavy atom. The molecule has 3 atom stereocenters. The third kappa shape index (κ3) is 3.41. The first-order valence-corrected chi connectivity index (χ1v) is 13.0. The Kier molecular flexibility index (Phi) is 5.65. The van der Waals surface area contributed by atoms with Crippen molar-refractivity contribution in [3.63, 3.8) is 0 Å². The molecule has 1 aliphatic carbocycles. The lowest BCUT2D eigenvalue weighted by atomic mass is 9.90. The molecular formula is C24H26BrClF2N4O2. The number of ether oxygens (including phenoxy) is 2. The second-order valence-electron chi connectivity index (χ2n) is 9.79. The van der Waals surface area contributed by atoms with Crippen molar-refractivity contribution < 1.29 is 18.3 Å². The van der Waals surface area contributed by atoms with Gasteiger partial charge in [0.25, 0.3) is 0 Å². The molecule has 2 saturated heterocycles. The predicted octanol–water partition coefficient (Wildman–Crippen LogP) is 5.45. The molecule has 0 amide bonds. The SMILES string of the molecule is C=C[C@H]1COc2c(Cl)c(Br)c(F)c3nc(OC[C@@]45CCCN4C[C@H](F)C5)nc(c23)N1C1CCC1. The number of hydrogen-bond donors (Lipinski definition) is 0. The third-order valence-corrected chi connectivity index (χ3v) is 9.19. The van der Waals surface area contributed by atoms with Gasteiger partial charge in [-0.15, -0.1) is 6.58 Å². The maximum Gasteiger partial charge on any atom is 0.319 e. The number of hydrogen-bond acceptors (Lipinski definition) is 6. The normalized spacial score (nSPS) is 29.0. The molecule has 1 aromatic heterocycles. The molecule has 0 N–H and O–H groups in total. The summed E-state index contributed by atoms with van der Waals surface area (Å²) < 4.78 is 42.0. The summed E-state index contributed by atoms with van der Waals surface area (Å²) in [7, 11) is 0. The van der Waals surface area contributed by atoms with Crippen LogP contribution in [-0.2, 0) is 0 Å². The number of fused-ring (bicyclic) bond motifs is 1. The van der Waals surface area contributed by atoms with Crippen LogP contribution < -0.4 is 14.4 Å². The number of alkyl halides is 1. The van der Waals surface area contributed by atoms with Crippen LogP contribution in [-0.4, -0.2) is 65.0 Å². The topological polar surface area (TPSA) is 50.7 Å². The molecule has 2 aromatic rings. The van der Waals surface area contributed by atoms with Crippen molar-refractivity contribution in [2.45, 2.75) is 62.3 Å². The molecule has 0 bridgehead atoms. The Bertz CT molecular complexity index is 1170. The van der Waals surface area contributed by atoms with Gasteiger partial charge in [-0.1, -0.05) is 17.7 Å². The monoisotopic (exact) mass is 554 g/mol. The number of anilines is 1. The highest BCUT2D eigenvalue weighted by atomic mass is 79.9. The van der Waals surface area contributed by atoms with Gasteiger partial charge in [-0.3, -0.25) is 4.90 Å². The van der Waals surface area contributed by atoms with Crippen molar-refractivity contribution >= 4 is 44.3 Å². The van der Waals surface area contributed by atoms with Gasteiger partial charge < -0.3 is 14.4 Å². The van der Waals surface area contributed by atoms with Crippen LogP contribution in [0.2, 0.25) is 5.02 Å². The number of benzene rings is 1. The first-order valence-electron chi connectivity index (χ1n) is 11.9. The molecule has 6 rings (SSSR count). The van der Waals surface area contributed by atoms with E-state index in [1.54, 1.807) is 0 Å². The molecule has 182 valence electrons. The minimum absolute atomic E-state index is 0.0825. The van der Waals surface area contributed by atoms with Crippen molar-refractivity contribution in [3.05, 3.63) is 28.0 Å². The molecule has 4 aliphatic rings. The summed E-state index contributed by atoms with van der Waals surface area (Å²) in [5, 5.41) is 0.599. The maximum atomic E-state index is 15.5. The smallest absolute Gasteiger partial charge is 0.319 e. The molecule has 0 radical (unpaired) electrons. The summed E-state index contributed by atoms with van der Waals surface area (Å²) in [6.07, 6.45) is 6.42. The molecule has 0 unspecified atom stereocenters. The molecule has 1 saturated carbocycles. The fourth-order valence-corrected chi connectivity index (χ4v) is 6.54. The Balaban J connectivity index is 1.47. The number of aromatic nitrogens is 2. The number of nitrogens with zero attached hydrogens (tertiary/aromatic N) is 4. The standard InChI is InChI=1S/C24H26BrClF2N4O2/c1-2-14-11-33-21-16-20(19(28)17(25)18(21)26)29-23(30-22(16)32(14)15-5-3-6-15)34-12-24-7-4-8-31(24)10-13(27)9-24/h2,13-15H,1,3-12H2/t13-,14+,24+/m1/s1. The zero-order chi connectivity index (χ0) is 23.6. The first kappa shape index (κ1) is 22.7. The summed E-state index contributed by atoms with van der Waals surface area (Å²) in [6.45, 7) is 5.89. The summed E-state index contributed by atoms with van der Waals surface area (Å²) in [4.78, 5) is 13.6. The number of rotatable bonds is 5. The van der Waals surface area contributed by atoms with E-state index in [1.165, 1.54) is 0 Å². The lowest BCUT2D eigenvalue weighted by Gasteiger charge is -2.41. The van der Waals surface area contributed by atoms with E-state index in [4.69, 9.17) is 26.1 Å². The van der Waals surface area contributed by atoms with Crippen LogP contribution in [0.15, 0.2) is 17.1 Å². The van der Waals surface area contributed by atoms with Gasteiger partial charge in [-0.05, 0) is 54.6 Å². The summed E-state index contributed by atoms with van der Waals surface area (Å²) >= 11 is 9.76. The lowest BCUT2D eigenvalue weighted by molar-refractivity contribution is 0.107. The van der Waals surface area contributed by atoms with E-state index in [-0.39, 0.29) is 45.3 Å². The van der Waals surface area contributed by atoms with Crippen molar-refractivity contribution in [1.29, 1.82) is 0 Å². The Morgan fingerprint density at radius 2 is 2.15 bits per heavy atom. The average molecular weight is 556 g/mol. The van der Waals surface area contributed by atoms with Crippen LogP contribution in [0.1, 0.15) is 38.5 Å². The fraction of sp³-hybridized carbons (Fsp3) is 0.583. The summed E-state index contributed by atoms with van der Waals surface area (Å²) in [6, 6.07) is 0.159. The van der Waals surface area contributed by atoms with E-state index in [0.29, 0.717) is 36.5 Å². The molecule has 3 fully saturated rings. The van der Waals surface area contributed by atoms with Gasteiger partial charge in [-0.2, -0.15) is 9.97 Å². The minimum atomic E-state index is -0.858. The van der Waals surface area contributed by atoms with Crippen LogP contribution in [0.3, 0.4) is 0 Å². The van der Waals surface area contributed by atoms with Gasteiger partial charge in [-0.25, -0.2) is 8.78 Å². The van der Waals surface area contributed by atoms with Gasteiger partial charge in [0.2, 0.25) is 0 Å². The minimum Gasteiger partial charge on any atom is -0.489 e. The van der Waals surface area contributed by atoms with Crippen LogP contribution in [0.25, 0.3) is 10.9 Å². The van der Waals surface area contributed by atoms with Crippen molar-refractivity contribution in [2.75, 3.05) is 31.2 Å². The first-order chi connectivity index (χ1) is 16.4. The highest BCUT2D eigenvalue weighted by Crippen LogP contribution is 2.48. The van der Waals surface area contributed by atoms with Crippen LogP contribution in [0, 0.1) is 5.82 Å². The van der Waals surface area contributed by atoms with Gasteiger partial charge in [0.15, 0.2) is 11.6 Å². The quantitative estimate of drug-likeness (QED) is 0.362. The number of halogens is 4. The molecule has 6 nitrogen and oxygen atoms in total. The molecule has 4 heterocycles. The Labute approximate surface area is 210 Å². The third-order valence-electron chi connectivity index (χ3n) is 7.86. The van der Waals surface area contributed by atoms with Crippen LogP contribution >= 0.6 is 27.5 Å². The second-order valence-corrected chi connectivity index (χ2v) is 11.0. The van der Waals surface area contributed by atoms with Crippen molar-refractivity contribution in [2.24, 2.45) is 0 Å². The summed E-state index contributed by atoms with van der Waals surface area (Å²) in [5.74, 6) is 0.319. The molecular weight excluding hydrogens is 530 g/mol. The van der Waals surface area contributed by atoms with Gasteiger partial charge in [0.05, 0.1) is 21.4 Å². The second kappa shape index (κ2) is 8.45. The molecule has 0 spiro atoms. The zero-order valence-electron chi connectivity index (χ0n) is 18.7.